The van der Waals surface area contributed by atoms with Crippen molar-refractivity contribution in [2.24, 2.45) is 5.73 Å². The van der Waals surface area contributed by atoms with Crippen LogP contribution in [0, 0.1) is 0 Å². The lowest BCUT2D eigenvalue weighted by Gasteiger charge is -2.11. The van der Waals surface area contributed by atoms with E-state index in [4.69, 9.17) is 5.73 Å². The summed E-state index contributed by atoms with van der Waals surface area (Å²) in [5, 5.41) is 0. The first-order valence-electron chi connectivity index (χ1n) is 4.13. The molecule has 0 radical (unpaired) electrons. The molecular weight excluding hydrogens is 134 g/mol. The van der Waals surface area contributed by atoms with Gasteiger partial charge in [-0.25, -0.2) is 0 Å². The van der Waals surface area contributed by atoms with Gasteiger partial charge in [-0.2, -0.15) is 0 Å². The molecule has 0 fully saturated rings. The van der Waals surface area contributed by atoms with E-state index >= 15 is 0 Å². The van der Waals surface area contributed by atoms with Crippen LogP contribution in [0.2, 0.25) is 0 Å². The first-order valence-corrected chi connectivity index (χ1v) is 4.13. The lowest BCUT2D eigenvalue weighted by Crippen LogP contribution is -2.11. The number of hydrogen-bond donors (Lipinski definition) is 1. The van der Waals surface area contributed by atoms with E-state index < -0.39 is 0 Å². The molecule has 1 aromatic carbocycles. The molecule has 0 aliphatic heterocycles. The van der Waals surface area contributed by atoms with Crippen molar-refractivity contribution in [3.8, 4) is 0 Å². The van der Waals surface area contributed by atoms with Gasteiger partial charge in [-0.15, -0.1) is 0 Å². The maximum absolute atomic E-state index is 5.62. The molecule has 0 amide bonds. The molecule has 1 rings (SSSR count). The smallest absolute Gasteiger partial charge is 0.000834 e. The Bertz CT molecular complexity index is 189. The average Bonchev–Trinajstić information content (AvgIpc) is 2.09. The molecular formula is C10H15N. The van der Waals surface area contributed by atoms with Gasteiger partial charge in [0, 0.05) is 0 Å². The number of rotatable bonds is 3. The van der Waals surface area contributed by atoms with Gasteiger partial charge < -0.3 is 5.73 Å². The highest BCUT2D eigenvalue weighted by molar-refractivity contribution is 5.19. The Hall–Kier alpha value is -0.820. The minimum atomic E-state index is 0.538. The predicted molar refractivity (Wildman–Crippen MR) is 48.5 cm³/mol. The first-order chi connectivity index (χ1) is 5.38. The molecule has 0 aliphatic rings. The Kier molecular flexibility index (Phi) is 3.12. The zero-order chi connectivity index (χ0) is 8.10. The second-order valence-corrected chi connectivity index (χ2v) is 2.75. The van der Waals surface area contributed by atoms with E-state index in [1.807, 2.05) is 6.07 Å². The van der Waals surface area contributed by atoms with Gasteiger partial charge in [-0.05, 0) is 24.4 Å². The number of hydrogen-bond acceptors (Lipinski definition) is 1. The highest BCUT2D eigenvalue weighted by Crippen LogP contribution is 2.16. The minimum Gasteiger partial charge on any atom is -0.330 e. The third-order valence-corrected chi connectivity index (χ3v) is 2.05. The molecule has 2 N–H and O–H groups in total. The zero-order valence-corrected chi connectivity index (χ0v) is 6.96. The van der Waals surface area contributed by atoms with Crippen molar-refractivity contribution in [3.63, 3.8) is 0 Å². The summed E-state index contributed by atoms with van der Waals surface area (Å²) in [6.07, 6.45) is 1.13. The van der Waals surface area contributed by atoms with Crippen molar-refractivity contribution in [2.45, 2.75) is 19.3 Å². The van der Waals surface area contributed by atoms with Crippen molar-refractivity contribution < 1.29 is 0 Å². The van der Waals surface area contributed by atoms with Gasteiger partial charge >= 0.3 is 0 Å². The van der Waals surface area contributed by atoms with Crippen molar-refractivity contribution in [1.29, 1.82) is 0 Å². The van der Waals surface area contributed by atoms with E-state index in [2.05, 4.69) is 31.2 Å². The van der Waals surface area contributed by atoms with Crippen molar-refractivity contribution in [3.05, 3.63) is 35.9 Å². The highest BCUT2D eigenvalue weighted by atomic mass is 14.5. The molecule has 1 heteroatoms. The fourth-order valence-electron chi connectivity index (χ4n) is 1.26. The Morgan fingerprint density at radius 2 is 1.91 bits per heavy atom. The van der Waals surface area contributed by atoms with Crippen LogP contribution in [0.25, 0.3) is 0 Å². The quantitative estimate of drug-likeness (QED) is 0.700. The lowest BCUT2D eigenvalue weighted by atomic mass is 9.97. The van der Waals surface area contributed by atoms with E-state index in [0.29, 0.717) is 5.92 Å². The second kappa shape index (κ2) is 4.14. The van der Waals surface area contributed by atoms with Gasteiger partial charge in [0.05, 0.1) is 0 Å². The Labute approximate surface area is 68.2 Å². The highest BCUT2D eigenvalue weighted by Gasteiger charge is 2.04. The van der Waals surface area contributed by atoms with Crippen LogP contribution in [0.15, 0.2) is 30.3 Å². The summed E-state index contributed by atoms with van der Waals surface area (Å²) in [6.45, 7) is 2.92. The first kappa shape index (κ1) is 8.28. The zero-order valence-electron chi connectivity index (χ0n) is 6.96. The Morgan fingerprint density at radius 1 is 1.27 bits per heavy atom. The lowest BCUT2D eigenvalue weighted by molar-refractivity contribution is 0.674. The third kappa shape index (κ3) is 2.05. The monoisotopic (exact) mass is 149 g/mol. The summed E-state index contributed by atoms with van der Waals surface area (Å²) in [5.74, 6) is 0.538. The van der Waals surface area contributed by atoms with Gasteiger partial charge in [0.25, 0.3) is 0 Å². The molecule has 0 aliphatic carbocycles. The van der Waals surface area contributed by atoms with Gasteiger partial charge in [0.15, 0.2) is 0 Å². The van der Waals surface area contributed by atoms with Gasteiger partial charge in [-0.1, -0.05) is 37.3 Å². The van der Waals surface area contributed by atoms with Gasteiger partial charge in [0.2, 0.25) is 0 Å². The molecule has 1 atom stereocenters. The summed E-state index contributed by atoms with van der Waals surface area (Å²) in [5.41, 5.74) is 6.97. The molecule has 0 saturated heterocycles. The van der Waals surface area contributed by atoms with Crippen molar-refractivity contribution >= 4 is 0 Å². The molecule has 0 bridgehead atoms. The molecule has 0 spiro atoms. The SMILES string of the molecule is CC[C@H](CN)c1ccccc1. The molecule has 60 valence electrons. The summed E-state index contributed by atoms with van der Waals surface area (Å²) < 4.78 is 0. The van der Waals surface area contributed by atoms with Crippen molar-refractivity contribution in [1.82, 2.24) is 0 Å². The maximum Gasteiger partial charge on any atom is -0.000834 e. The third-order valence-electron chi connectivity index (χ3n) is 2.05. The van der Waals surface area contributed by atoms with Crippen LogP contribution >= 0.6 is 0 Å². The van der Waals surface area contributed by atoms with Crippen molar-refractivity contribution in [2.75, 3.05) is 6.54 Å². The van der Waals surface area contributed by atoms with Crippen LogP contribution < -0.4 is 5.73 Å². The van der Waals surface area contributed by atoms with Crippen LogP contribution in [0.1, 0.15) is 24.8 Å². The van der Waals surface area contributed by atoms with E-state index in [0.717, 1.165) is 13.0 Å². The van der Waals surface area contributed by atoms with Crippen LogP contribution in [0.5, 0.6) is 0 Å². The Balaban J connectivity index is 2.74. The van der Waals surface area contributed by atoms with E-state index in [9.17, 15) is 0 Å². The molecule has 11 heavy (non-hydrogen) atoms. The molecule has 0 aromatic heterocycles. The molecule has 0 heterocycles. The minimum absolute atomic E-state index is 0.538. The molecule has 0 saturated carbocycles. The number of nitrogens with two attached hydrogens (primary N) is 1. The van der Waals surface area contributed by atoms with Crippen LogP contribution in [-0.2, 0) is 0 Å². The topological polar surface area (TPSA) is 26.0 Å². The maximum atomic E-state index is 5.62. The fourth-order valence-corrected chi connectivity index (χ4v) is 1.26. The summed E-state index contributed by atoms with van der Waals surface area (Å²) in [7, 11) is 0. The van der Waals surface area contributed by atoms with Gasteiger partial charge in [-0.3, -0.25) is 0 Å². The molecule has 0 unspecified atom stereocenters. The number of benzene rings is 1. The second-order valence-electron chi connectivity index (χ2n) is 2.75. The van der Waals surface area contributed by atoms with E-state index in [1.165, 1.54) is 5.56 Å². The van der Waals surface area contributed by atoms with E-state index in [-0.39, 0.29) is 0 Å². The Morgan fingerprint density at radius 3 is 2.36 bits per heavy atom. The van der Waals surface area contributed by atoms with E-state index in [1.54, 1.807) is 0 Å². The summed E-state index contributed by atoms with van der Waals surface area (Å²) in [6, 6.07) is 10.4. The van der Waals surface area contributed by atoms with Gasteiger partial charge in [0.1, 0.15) is 0 Å². The van der Waals surface area contributed by atoms with Crippen LogP contribution in [0.4, 0.5) is 0 Å². The normalized spacial score (nSPS) is 12.9. The van der Waals surface area contributed by atoms with Crippen LogP contribution in [-0.4, -0.2) is 6.54 Å². The summed E-state index contributed by atoms with van der Waals surface area (Å²) in [4.78, 5) is 0. The fraction of sp³-hybridized carbons (Fsp3) is 0.400. The largest absolute Gasteiger partial charge is 0.330 e. The predicted octanol–water partition coefficient (Wildman–Crippen LogP) is 2.14. The average molecular weight is 149 g/mol. The van der Waals surface area contributed by atoms with Crippen LogP contribution in [0.3, 0.4) is 0 Å². The molecule has 1 aromatic rings. The standard InChI is InChI=1S/C10H15N/c1-2-9(8-11)10-6-4-3-5-7-10/h3-7,9H,2,8,11H2,1H3/t9-/m1/s1. The summed E-state index contributed by atoms with van der Waals surface area (Å²) >= 11 is 0. The molecule has 1 nitrogen and oxygen atoms in total.